The van der Waals surface area contributed by atoms with E-state index in [-0.39, 0.29) is 11.9 Å². The van der Waals surface area contributed by atoms with Crippen LogP contribution in [0.1, 0.15) is 45.3 Å². The lowest BCUT2D eigenvalue weighted by Crippen LogP contribution is -2.27. The molecule has 0 radical (unpaired) electrons. The zero-order valence-electron chi connectivity index (χ0n) is 18.1. The van der Waals surface area contributed by atoms with Crippen LogP contribution in [-0.2, 0) is 6.18 Å². The summed E-state index contributed by atoms with van der Waals surface area (Å²) in [5.41, 5.74) is 3.25. The maximum Gasteiger partial charge on any atom is 0.435 e. The van der Waals surface area contributed by atoms with Gasteiger partial charge in [-0.05, 0) is 60.5 Å². The minimum absolute atomic E-state index is 0.209. The number of nitrogens with one attached hydrogen (secondary N) is 1. The Kier molecular flexibility index (Phi) is 5.31. The van der Waals surface area contributed by atoms with Crippen LogP contribution in [0.25, 0.3) is 5.69 Å². The molecule has 172 valence electrons. The molecule has 1 N–H and O–H groups in total. The summed E-state index contributed by atoms with van der Waals surface area (Å²) in [6.07, 6.45) is -0.909. The number of carbonyl (C=O) groups excluding carboxylic acids is 1. The fourth-order valence-corrected chi connectivity index (χ4v) is 4.08. The third kappa shape index (κ3) is 4.00. The van der Waals surface area contributed by atoms with Crippen LogP contribution in [-0.4, -0.2) is 31.4 Å². The van der Waals surface area contributed by atoms with E-state index in [2.05, 4.69) is 15.2 Å². The molecule has 2 aromatic carbocycles. The van der Waals surface area contributed by atoms with Gasteiger partial charge in [0.1, 0.15) is 6.04 Å². The number of hydrogen-bond donors (Lipinski definition) is 1. The summed E-state index contributed by atoms with van der Waals surface area (Å²) in [7, 11) is 0. The van der Waals surface area contributed by atoms with Gasteiger partial charge in [-0.25, -0.2) is 9.69 Å². The number of rotatable bonds is 4. The van der Waals surface area contributed by atoms with E-state index in [1.54, 1.807) is 49.5 Å². The van der Waals surface area contributed by atoms with Gasteiger partial charge in [0, 0.05) is 30.1 Å². The summed E-state index contributed by atoms with van der Waals surface area (Å²) in [4.78, 5) is 16.4. The Balaban J connectivity index is 1.47. The molecule has 5 rings (SSSR count). The number of hydrogen-bond acceptors (Lipinski definition) is 3. The van der Waals surface area contributed by atoms with Crippen molar-refractivity contribution in [2.75, 3.05) is 0 Å². The van der Waals surface area contributed by atoms with Crippen molar-refractivity contribution < 1.29 is 18.0 Å². The summed E-state index contributed by atoms with van der Waals surface area (Å²) >= 11 is 0. The number of halogens is 3. The van der Waals surface area contributed by atoms with Gasteiger partial charge in [-0.1, -0.05) is 24.3 Å². The number of aromatic nitrogens is 3. The molecule has 0 aliphatic carbocycles. The molecule has 9 heteroatoms. The lowest BCUT2D eigenvalue weighted by molar-refractivity contribution is -0.141. The SMILES string of the molecule is Cc1cc(C2=NN(C(=O)c3ccccc3)C(c3ccc[nH]3)C2)ccc1-n1ccc(C(F)(F)F)n1. The first-order valence-corrected chi connectivity index (χ1v) is 10.6. The Labute approximate surface area is 193 Å². The highest BCUT2D eigenvalue weighted by Crippen LogP contribution is 2.34. The topological polar surface area (TPSA) is 66.3 Å². The van der Waals surface area contributed by atoms with E-state index in [0.29, 0.717) is 17.7 Å². The van der Waals surface area contributed by atoms with E-state index >= 15 is 0 Å². The molecule has 0 saturated heterocycles. The second-order valence-electron chi connectivity index (χ2n) is 8.05. The monoisotopic (exact) mass is 463 g/mol. The molecule has 1 atom stereocenters. The van der Waals surface area contributed by atoms with Crippen LogP contribution in [0.15, 0.2) is 84.2 Å². The van der Waals surface area contributed by atoms with E-state index in [0.717, 1.165) is 28.6 Å². The van der Waals surface area contributed by atoms with Gasteiger partial charge in [0.25, 0.3) is 5.91 Å². The van der Waals surface area contributed by atoms with Gasteiger partial charge >= 0.3 is 6.18 Å². The molecule has 1 unspecified atom stereocenters. The number of amides is 1. The lowest BCUT2D eigenvalue weighted by Gasteiger charge is -2.20. The van der Waals surface area contributed by atoms with Crippen LogP contribution in [0.3, 0.4) is 0 Å². The smallest absolute Gasteiger partial charge is 0.363 e. The molecular weight excluding hydrogens is 443 g/mol. The highest BCUT2D eigenvalue weighted by molar-refractivity contribution is 6.05. The molecule has 1 aliphatic rings. The minimum Gasteiger partial charge on any atom is -0.363 e. The summed E-state index contributed by atoms with van der Waals surface area (Å²) in [5.74, 6) is -0.209. The van der Waals surface area contributed by atoms with Crippen molar-refractivity contribution in [1.82, 2.24) is 19.8 Å². The van der Waals surface area contributed by atoms with Crippen LogP contribution >= 0.6 is 0 Å². The number of alkyl halides is 3. The Hall–Kier alpha value is -4.14. The van der Waals surface area contributed by atoms with Crippen molar-refractivity contribution in [3.8, 4) is 5.69 Å². The summed E-state index contributed by atoms with van der Waals surface area (Å²) < 4.78 is 40.0. The van der Waals surface area contributed by atoms with E-state index < -0.39 is 11.9 Å². The Morgan fingerprint density at radius 2 is 1.85 bits per heavy atom. The molecule has 34 heavy (non-hydrogen) atoms. The van der Waals surface area contributed by atoms with Gasteiger partial charge in [0.2, 0.25) is 0 Å². The van der Waals surface area contributed by atoms with Crippen molar-refractivity contribution in [2.45, 2.75) is 25.6 Å². The Morgan fingerprint density at radius 3 is 2.50 bits per heavy atom. The zero-order chi connectivity index (χ0) is 23.9. The third-order valence-electron chi connectivity index (χ3n) is 5.78. The van der Waals surface area contributed by atoms with E-state index in [1.807, 2.05) is 24.3 Å². The van der Waals surface area contributed by atoms with Gasteiger partial charge in [-0.3, -0.25) is 4.79 Å². The quantitative estimate of drug-likeness (QED) is 0.433. The number of aromatic amines is 1. The first-order chi connectivity index (χ1) is 16.3. The van der Waals surface area contributed by atoms with Crippen LogP contribution in [0, 0.1) is 6.92 Å². The number of hydrazone groups is 1. The van der Waals surface area contributed by atoms with Gasteiger partial charge in [-0.2, -0.15) is 23.4 Å². The molecule has 2 aromatic heterocycles. The van der Waals surface area contributed by atoms with Crippen LogP contribution in [0.2, 0.25) is 0 Å². The normalized spacial score (nSPS) is 16.1. The molecular formula is C25H20F3N5O. The molecule has 0 saturated carbocycles. The average Bonchev–Trinajstić information content (AvgIpc) is 3.59. The fraction of sp³-hybridized carbons (Fsp3) is 0.160. The standard InChI is InChI=1S/C25H20F3N5O/c1-16-14-18(9-10-21(16)32-13-11-23(31-32)25(26,27)28)20-15-22(19-8-5-12-29-19)33(30-20)24(34)17-6-3-2-4-7-17/h2-14,22,29H,15H2,1H3. The Bertz CT molecular complexity index is 1360. The molecule has 0 bridgehead atoms. The van der Waals surface area contributed by atoms with Crippen molar-refractivity contribution in [3.63, 3.8) is 0 Å². The van der Waals surface area contributed by atoms with E-state index in [1.165, 1.54) is 15.9 Å². The number of aryl methyl sites for hydroxylation is 1. The van der Waals surface area contributed by atoms with Crippen LogP contribution in [0.4, 0.5) is 13.2 Å². The maximum absolute atomic E-state index is 13.2. The maximum atomic E-state index is 13.2. The highest BCUT2D eigenvalue weighted by atomic mass is 19.4. The largest absolute Gasteiger partial charge is 0.435 e. The summed E-state index contributed by atoms with van der Waals surface area (Å²) in [6, 6.07) is 18.8. The third-order valence-corrected chi connectivity index (χ3v) is 5.78. The fourth-order valence-electron chi connectivity index (χ4n) is 4.08. The van der Waals surface area contributed by atoms with Gasteiger partial charge in [0.15, 0.2) is 5.69 Å². The molecule has 3 heterocycles. The van der Waals surface area contributed by atoms with Crippen molar-refractivity contribution in [2.24, 2.45) is 5.10 Å². The van der Waals surface area contributed by atoms with Crippen LogP contribution < -0.4 is 0 Å². The first kappa shape index (κ1) is 21.7. The minimum atomic E-state index is -4.50. The summed E-state index contributed by atoms with van der Waals surface area (Å²) in [5, 5.41) is 9.81. The average molecular weight is 463 g/mol. The van der Waals surface area contributed by atoms with Gasteiger partial charge in [-0.15, -0.1) is 0 Å². The second kappa shape index (κ2) is 8.33. The predicted octanol–water partition coefficient (Wildman–Crippen LogP) is 5.52. The lowest BCUT2D eigenvalue weighted by atomic mass is 10.00. The molecule has 6 nitrogen and oxygen atoms in total. The molecule has 0 spiro atoms. The molecule has 0 fully saturated rings. The molecule has 1 amide bonds. The first-order valence-electron chi connectivity index (χ1n) is 10.6. The molecule has 4 aromatic rings. The number of carbonyl (C=O) groups is 1. The number of benzene rings is 2. The van der Waals surface area contributed by atoms with Crippen molar-refractivity contribution in [1.29, 1.82) is 0 Å². The Morgan fingerprint density at radius 1 is 1.06 bits per heavy atom. The van der Waals surface area contributed by atoms with Gasteiger partial charge < -0.3 is 4.98 Å². The van der Waals surface area contributed by atoms with Crippen LogP contribution in [0.5, 0.6) is 0 Å². The number of nitrogens with zero attached hydrogens (tertiary/aromatic N) is 4. The van der Waals surface area contributed by atoms with E-state index in [4.69, 9.17) is 0 Å². The van der Waals surface area contributed by atoms with Crippen molar-refractivity contribution >= 4 is 11.6 Å². The predicted molar refractivity (Wildman–Crippen MR) is 121 cm³/mol. The number of H-pyrrole nitrogens is 1. The van der Waals surface area contributed by atoms with Gasteiger partial charge in [0.05, 0.1) is 11.4 Å². The van der Waals surface area contributed by atoms with Crippen molar-refractivity contribution in [3.05, 3.63) is 107 Å². The second-order valence-corrected chi connectivity index (χ2v) is 8.05. The van der Waals surface area contributed by atoms with E-state index in [9.17, 15) is 18.0 Å². The summed E-state index contributed by atoms with van der Waals surface area (Å²) in [6.45, 7) is 1.80. The highest BCUT2D eigenvalue weighted by Gasteiger charge is 2.35. The molecule has 1 aliphatic heterocycles. The zero-order valence-corrected chi connectivity index (χ0v) is 18.1.